The summed E-state index contributed by atoms with van der Waals surface area (Å²) in [5, 5.41) is 7.30. The highest BCUT2D eigenvalue weighted by Gasteiger charge is 2.10. The first-order valence-electron chi connectivity index (χ1n) is 6.61. The Labute approximate surface area is 113 Å². The fourth-order valence-corrected chi connectivity index (χ4v) is 1.62. The van der Waals surface area contributed by atoms with Gasteiger partial charge in [-0.05, 0) is 0 Å². The van der Waals surface area contributed by atoms with Gasteiger partial charge < -0.3 is 14.4 Å². The highest BCUT2D eigenvalue weighted by Crippen LogP contribution is 2.11. The Balaban J connectivity index is 1.95. The molecule has 0 aliphatic rings. The molecule has 0 aliphatic heterocycles. The van der Waals surface area contributed by atoms with Crippen molar-refractivity contribution in [1.82, 2.24) is 25.0 Å². The Bertz CT molecular complexity index is 515. The molecule has 2 heterocycles. The van der Waals surface area contributed by atoms with Gasteiger partial charge in [-0.3, -0.25) is 0 Å². The lowest BCUT2D eigenvalue weighted by atomic mass is 10.2. The summed E-state index contributed by atoms with van der Waals surface area (Å²) in [4.78, 5) is 8.69. The monoisotopic (exact) mass is 263 g/mol. The van der Waals surface area contributed by atoms with E-state index in [0.29, 0.717) is 24.3 Å². The molecule has 104 valence electrons. The smallest absolute Gasteiger partial charge is 0.229 e. The van der Waals surface area contributed by atoms with Crippen molar-refractivity contribution in [3.8, 4) is 0 Å². The average Bonchev–Trinajstić information content (AvgIpc) is 2.96. The van der Waals surface area contributed by atoms with Gasteiger partial charge in [0.15, 0.2) is 5.82 Å². The molecule has 2 aromatic rings. The first-order chi connectivity index (χ1) is 9.04. The number of nitrogens with one attached hydrogen (secondary N) is 1. The minimum atomic E-state index is 0.259. The van der Waals surface area contributed by atoms with Crippen molar-refractivity contribution in [2.24, 2.45) is 0 Å². The Morgan fingerprint density at radius 3 is 2.74 bits per heavy atom. The van der Waals surface area contributed by atoms with E-state index in [2.05, 4.69) is 34.3 Å². The predicted octanol–water partition coefficient (Wildman–Crippen LogP) is 1.94. The van der Waals surface area contributed by atoms with Gasteiger partial charge in [0.05, 0.1) is 18.6 Å². The number of aromatic nitrogens is 4. The van der Waals surface area contributed by atoms with Gasteiger partial charge in [-0.1, -0.05) is 32.9 Å². The summed E-state index contributed by atoms with van der Waals surface area (Å²) < 4.78 is 7.14. The van der Waals surface area contributed by atoms with Crippen LogP contribution in [0.25, 0.3) is 0 Å². The van der Waals surface area contributed by atoms with Gasteiger partial charge in [-0.25, -0.2) is 4.98 Å². The number of hydrogen-bond acceptors (Lipinski definition) is 5. The molecule has 0 radical (unpaired) electrons. The summed E-state index contributed by atoms with van der Waals surface area (Å²) in [6.07, 6.45) is 3.80. The third-order valence-electron chi connectivity index (χ3n) is 2.68. The molecule has 2 aromatic heterocycles. The number of hydrogen-bond donors (Lipinski definition) is 1. The van der Waals surface area contributed by atoms with Crippen molar-refractivity contribution in [3.63, 3.8) is 0 Å². The van der Waals surface area contributed by atoms with Crippen LogP contribution in [0, 0.1) is 0 Å². The molecule has 0 saturated heterocycles. The van der Waals surface area contributed by atoms with Crippen molar-refractivity contribution in [2.75, 3.05) is 0 Å². The van der Waals surface area contributed by atoms with Gasteiger partial charge in [0.2, 0.25) is 5.89 Å². The first kappa shape index (κ1) is 13.7. The van der Waals surface area contributed by atoms with Crippen LogP contribution in [-0.4, -0.2) is 25.7 Å². The van der Waals surface area contributed by atoms with Gasteiger partial charge in [0.1, 0.15) is 0 Å². The highest BCUT2D eigenvalue weighted by molar-refractivity contribution is 4.99. The maximum absolute atomic E-state index is 5.18. The minimum Gasteiger partial charge on any atom is -0.339 e. The van der Waals surface area contributed by atoms with Crippen LogP contribution in [-0.2, 0) is 13.1 Å². The molecule has 19 heavy (non-hydrogen) atoms. The van der Waals surface area contributed by atoms with E-state index in [-0.39, 0.29) is 5.92 Å². The summed E-state index contributed by atoms with van der Waals surface area (Å²) in [7, 11) is 0. The molecule has 0 fully saturated rings. The van der Waals surface area contributed by atoms with Crippen LogP contribution in [0.5, 0.6) is 0 Å². The Morgan fingerprint density at radius 2 is 2.11 bits per heavy atom. The lowest BCUT2D eigenvalue weighted by Crippen LogP contribution is -2.21. The average molecular weight is 263 g/mol. The van der Waals surface area contributed by atoms with Crippen molar-refractivity contribution in [1.29, 1.82) is 0 Å². The number of imidazole rings is 1. The zero-order valence-corrected chi connectivity index (χ0v) is 11.9. The maximum atomic E-state index is 5.18. The molecule has 0 atom stereocenters. The van der Waals surface area contributed by atoms with Gasteiger partial charge in [-0.2, -0.15) is 4.98 Å². The molecule has 0 amide bonds. The van der Waals surface area contributed by atoms with Gasteiger partial charge >= 0.3 is 0 Å². The second-order valence-corrected chi connectivity index (χ2v) is 5.28. The molecule has 6 nitrogen and oxygen atoms in total. The third kappa shape index (κ3) is 3.89. The van der Waals surface area contributed by atoms with Crippen molar-refractivity contribution in [3.05, 3.63) is 29.9 Å². The summed E-state index contributed by atoms with van der Waals surface area (Å²) in [5.41, 5.74) is 1.02. The molecule has 0 aromatic carbocycles. The normalized spacial score (nSPS) is 11.7. The van der Waals surface area contributed by atoms with E-state index >= 15 is 0 Å². The second-order valence-electron chi connectivity index (χ2n) is 5.28. The largest absolute Gasteiger partial charge is 0.339 e. The molecule has 1 N–H and O–H groups in total. The Kier molecular flexibility index (Phi) is 4.31. The minimum absolute atomic E-state index is 0.259. The van der Waals surface area contributed by atoms with Gasteiger partial charge in [-0.15, -0.1) is 0 Å². The van der Waals surface area contributed by atoms with Crippen LogP contribution in [0.2, 0.25) is 0 Å². The fraction of sp³-hybridized carbons (Fsp3) is 0.615. The van der Waals surface area contributed by atoms with E-state index in [1.165, 1.54) is 0 Å². The van der Waals surface area contributed by atoms with E-state index in [1.807, 2.05) is 24.6 Å². The third-order valence-corrected chi connectivity index (χ3v) is 2.68. The van der Waals surface area contributed by atoms with Gasteiger partial charge in [0, 0.05) is 24.7 Å². The van der Waals surface area contributed by atoms with E-state index in [0.717, 1.165) is 12.2 Å². The first-order valence-corrected chi connectivity index (χ1v) is 6.61. The molecule has 0 saturated carbocycles. The molecule has 0 aliphatic carbocycles. The number of rotatable bonds is 6. The van der Waals surface area contributed by atoms with Crippen molar-refractivity contribution >= 4 is 0 Å². The van der Waals surface area contributed by atoms with E-state index in [9.17, 15) is 0 Å². The van der Waals surface area contributed by atoms with E-state index in [1.54, 1.807) is 6.33 Å². The van der Waals surface area contributed by atoms with Crippen LogP contribution in [0.1, 0.15) is 51.0 Å². The van der Waals surface area contributed by atoms with Crippen LogP contribution < -0.4 is 5.32 Å². The molecular formula is C13H21N5O. The molecule has 0 spiro atoms. The lowest BCUT2D eigenvalue weighted by Gasteiger charge is -2.04. The van der Waals surface area contributed by atoms with Gasteiger partial charge in [0.25, 0.3) is 0 Å². The topological polar surface area (TPSA) is 68.8 Å². The van der Waals surface area contributed by atoms with Crippen LogP contribution in [0.15, 0.2) is 17.0 Å². The maximum Gasteiger partial charge on any atom is 0.229 e. The molecular weight excluding hydrogens is 242 g/mol. The van der Waals surface area contributed by atoms with Crippen molar-refractivity contribution in [2.45, 2.75) is 52.7 Å². The zero-order valence-electron chi connectivity index (χ0n) is 11.9. The SMILES string of the molecule is CC(C)NCc1cn(Cc2noc(C(C)C)n2)cn1. The summed E-state index contributed by atoms with van der Waals surface area (Å²) >= 11 is 0. The van der Waals surface area contributed by atoms with Crippen LogP contribution in [0.4, 0.5) is 0 Å². The van der Waals surface area contributed by atoms with Crippen LogP contribution in [0.3, 0.4) is 0 Å². The Morgan fingerprint density at radius 1 is 1.32 bits per heavy atom. The molecule has 0 unspecified atom stereocenters. The Hall–Kier alpha value is -1.69. The fourth-order valence-electron chi connectivity index (χ4n) is 1.62. The lowest BCUT2D eigenvalue weighted by molar-refractivity contribution is 0.360. The van der Waals surface area contributed by atoms with E-state index < -0.39 is 0 Å². The molecule has 0 bridgehead atoms. The van der Waals surface area contributed by atoms with Crippen molar-refractivity contribution < 1.29 is 4.52 Å². The number of nitrogens with zero attached hydrogens (tertiary/aromatic N) is 4. The summed E-state index contributed by atoms with van der Waals surface area (Å²) in [6.45, 7) is 9.65. The van der Waals surface area contributed by atoms with E-state index in [4.69, 9.17) is 4.52 Å². The predicted molar refractivity (Wildman–Crippen MR) is 71.7 cm³/mol. The standard InChI is InChI=1S/C13H21N5O/c1-9(2)13-16-12(17-19-13)7-18-6-11(15-8-18)5-14-10(3)4/h6,8-10,14H,5,7H2,1-4H3. The second kappa shape index (κ2) is 5.97. The zero-order chi connectivity index (χ0) is 13.8. The highest BCUT2D eigenvalue weighted by atomic mass is 16.5. The quantitative estimate of drug-likeness (QED) is 0.862. The summed E-state index contributed by atoms with van der Waals surface area (Å²) in [6, 6.07) is 0.455. The van der Waals surface area contributed by atoms with Crippen LogP contribution >= 0.6 is 0 Å². The summed E-state index contributed by atoms with van der Waals surface area (Å²) in [5.74, 6) is 1.62. The molecule has 6 heteroatoms. The molecule has 2 rings (SSSR count).